The zero-order valence-electron chi connectivity index (χ0n) is 8.27. The van der Waals surface area contributed by atoms with Crippen molar-refractivity contribution in [1.29, 1.82) is 0 Å². The Morgan fingerprint density at radius 3 is 2.38 bits per heavy atom. The molecule has 1 fully saturated rings. The molecular formula is C12H19I. The molecule has 0 radical (unpaired) electrons. The van der Waals surface area contributed by atoms with Crippen molar-refractivity contribution < 1.29 is 0 Å². The van der Waals surface area contributed by atoms with Gasteiger partial charge in [-0.3, -0.25) is 0 Å². The Labute approximate surface area is 95.3 Å². The maximum atomic E-state index is 2.50. The quantitative estimate of drug-likeness (QED) is 0.615. The second kappa shape index (κ2) is 4.81. The van der Waals surface area contributed by atoms with Crippen molar-refractivity contribution in [3.8, 4) is 0 Å². The van der Waals surface area contributed by atoms with Gasteiger partial charge in [0.05, 0.1) is 0 Å². The van der Waals surface area contributed by atoms with E-state index in [1.54, 1.807) is 3.58 Å². The topological polar surface area (TPSA) is 0 Å². The molecule has 0 aliphatic heterocycles. The molecule has 0 nitrogen and oxygen atoms in total. The maximum Gasteiger partial charge on any atom is -0.0134 e. The van der Waals surface area contributed by atoms with Gasteiger partial charge in [0.25, 0.3) is 0 Å². The molecule has 0 spiro atoms. The maximum absolute atomic E-state index is 2.50. The van der Waals surface area contributed by atoms with Gasteiger partial charge in [-0.05, 0) is 57.3 Å². The highest BCUT2D eigenvalue weighted by atomic mass is 127. The van der Waals surface area contributed by atoms with Crippen LogP contribution in [-0.2, 0) is 0 Å². The minimum Gasteiger partial charge on any atom is -0.0749 e. The molecule has 1 saturated carbocycles. The lowest BCUT2D eigenvalue weighted by molar-refractivity contribution is 0.233. The molecule has 0 saturated heterocycles. The van der Waals surface area contributed by atoms with E-state index in [0.717, 1.165) is 11.8 Å². The second-order valence-electron chi connectivity index (χ2n) is 4.58. The highest BCUT2D eigenvalue weighted by molar-refractivity contribution is 14.1. The van der Waals surface area contributed by atoms with Gasteiger partial charge in [0.1, 0.15) is 0 Å². The summed E-state index contributed by atoms with van der Waals surface area (Å²) in [5, 5.41) is 0. The molecule has 0 amide bonds. The van der Waals surface area contributed by atoms with Crippen LogP contribution in [0.25, 0.3) is 0 Å². The van der Waals surface area contributed by atoms with E-state index in [1.807, 2.05) is 0 Å². The van der Waals surface area contributed by atoms with Gasteiger partial charge in [-0.15, -0.1) is 0 Å². The van der Waals surface area contributed by atoms with Crippen LogP contribution in [0.2, 0.25) is 0 Å². The SMILES string of the molecule is IC1=CCC(C2CCCCC2)CC1. The molecule has 2 aliphatic rings. The Bertz CT molecular complexity index is 189. The summed E-state index contributed by atoms with van der Waals surface area (Å²) < 4.78 is 1.60. The zero-order valence-corrected chi connectivity index (χ0v) is 10.4. The summed E-state index contributed by atoms with van der Waals surface area (Å²) in [7, 11) is 0. The summed E-state index contributed by atoms with van der Waals surface area (Å²) in [5.74, 6) is 2.12. The predicted molar refractivity (Wildman–Crippen MR) is 66.0 cm³/mol. The third kappa shape index (κ3) is 2.71. The van der Waals surface area contributed by atoms with Crippen LogP contribution < -0.4 is 0 Å². The lowest BCUT2D eigenvalue weighted by Crippen LogP contribution is -2.19. The van der Waals surface area contributed by atoms with Gasteiger partial charge in [0, 0.05) is 0 Å². The van der Waals surface area contributed by atoms with Crippen LogP contribution in [0.1, 0.15) is 51.4 Å². The second-order valence-corrected chi connectivity index (χ2v) is 5.97. The lowest BCUT2D eigenvalue weighted by atomic mass is 9.75. The van der Waals surface area contributed by atoms with E-state index in [4.69, 9.17) is 0 Å². The average molecular weight is 290 g/mol. The molecule has 2 rings (SSSR count). The van der Waals surface area contributed by atoms with Crippen LogP contribution in [0.3, 0.4) is 0 Å². The van der Waals surface area contributed by atoms with Gasteiger partial charge in [-0.25, -0.2) is 0 Å². The van der Waals surface area contributed by atoms with Gasteiger partial charge in [-0.1, -0.05) is 38.2 Å². The van der Waals surface area contributed by atoms with Crippen molar-refractivity contribution in [1.82, 2.24) is 0 Å². The Morgan fingerprint density at radius 1 is 1.00 bits per heavy atom. The average Bonchev–Trinajstić information content (AvgIpc) is 2.20. The van der Waals surface area contributed by atoms with Gasteiger partial charge in [-0.2, -0.15) is 0 Å². The Morgan fingerprint density at radius 2 is 1.77 bits per heavy atom. The molecule has 0 aromatic heterocycles. The highest BCUT2D eigenvalue weighted by Gasteiger charge is 2.24. The molecule has 0 aromatic carbocycles. The van der Waals surface area contributed by atoms with E-state index in [0.29, 0.717) is 0 Å². The van der Waals surface area contributed by atoms with E-state index in [9.17, 15) is 0 Å². The van der Waals surface area contributed by atoms with Crippen LogP contribution in [0.15, 0.2) is 9.66 Å². The molecule has 0 bridgehead atoms. The lowest BCUT2D eigenvalue weighted by Gasteiger charge is -2.31. The van der Waals surface area contributed by atoms with E-state index < -0.39 is 0 Å². The van der Waals surface area contributed by atoms with Gasteiger partial charge in [0.15, 0.2) is 0 Å². The van der Waals surface area contributed by atoms with Crippen molar-refractivity contribution in [3.63, 3.8) is 0 Å². The van der Waals surface area contributed by atoms with Crippen LogP contribution >= 0.6 is 22.6 Å². The Kier molecular flexibility index (Phi) is 3.70. The van der Waals surface area contributed by atoms with Crippen molar-refractivity contribution in [3.05, 3.63) is 9.66 Å². The number of rotatable bonds is 1. The first-order chi connectivity index (χ1) is 6.36. The first-order valence-corrected chi connectivity index (χ1v) is 6.78. The molecule has 74 valence electrons. The fourth-order valence-corrected chi connectivity index (χ4v) is 3.42. The molecule has 2 aliphatic carbocycles. The monoisotopic (exact) mass is 290 g/mol. The predicted octanol–water partition coefficient (Wildman–Crippen LogP) is 4.69. The van der Waals surface area contributed by atoms with Crippen molar-refractivity contribution in [2.75, 3.05) is 0 Å². The van der Waals surface area contributed by atoms with E-state index in [-0.39, 0.29) is 0 Å². The fourth-order valence-electron chi connectivity index (χ4n) is 2.86. The van der Waals surface area contributed by atoms with Gasteiger partial charge in [0.2, 0.25) is 0 Å². The van der Waals surface area contributed by atoms with E-state index in [1.165, 1.54) is 51.4 Å². The summed E-state index contributed by atoms with van der Waals surface area (Å²) in [6.07, 6.45) is 14.2. The van der Waals surface area contributed by atoms with E-state index in [2.05, 4.69) is 28.7 Å². The first kappa shape index (κ1) is 10.0. The van der Waals surface area contributed by atoms with Crippen LogP contribution in [0, 0.1) is 11.8 Å². The van der Waals surface area contributed by atoms with Crippen molar-refractivity contribution in [2.24, 2.45) is 11.8 Å². The van der Waals surface area contributed by atoms with Crippen LogP contribution in [-0.4, -0.2) is 0 Å². The number of halogens is 1. The van der Waals surface area contributed by atoms with E-state index >= 15 is 0 Å². The molecule has 0 heterocycles. The Hall–Kier alpha value is 0.470. The van der Waals surface area contributed by atoms with Crippen molar-refractivity contribution >= 4 is 22.6 Å². The largest absolute Gasteiger partial charge is 0.0749 e. The van der Waals surface area contributed by atoms with Gasteiger partial charge < -0.3 is 0 Å². The van der Waals surface area contributed by atoms with Crippen LogP contribution in [0.5, 0.6) is 0 Å². The zero-order chi connectivity index (χ0) is 9.10. The third-order valence-electron chi connectivity index (χ3n) is 3.71. The molecule has 1 heteroatoms. The fraction of sp³-hybridized carbons (Fsp3) is 0.833. The summed E-state index contributed by atoms with van der Waals surface area (Å²) in [6, 6.07) is 0. The molecule has 0 N–H and O–H groups in total. The normalized spacial score (nSPS) is 31.5. The molecular weight excluding hydrogens is 271 g/mol. The Balaban J connectivity index is 1.86. The number of hydrogen-bond donors (Lipinski definition) is 0. The summed E-state index contributed by atoms with van der Waals surface area (Å²) >= 11 is 2.50. The molecule has 1 unspecified atom stereocenters. The number of allylic oxidation sites excluding steroid dienone is 2. The summed E-state index contributed by atoms with van der Waals surface area (Å²) in [5.41, 5.74) is 0. The summed E-state index contributed by atoms with van der Waals surface area (Å²) in [6.45, 7) is 0. The highest BCUT2D eigenvalue weighted by Crippen LogP contribution is 2.38. The summed E-state index contributed by atoms with van der Waals surface area (Å²) in [4.78, 5) is 0. The van der Waals surface area contributed by atoms with Crippen LogP contribution in [0.4, 0.5) is 0 Å². The minimum atomic E-state index is 1.04. The molecule has 13 heavy (non-hydrogen) atoms. The molecule has 1 atom stereocenters. The molecule has 0 aromatic rings. The minimum absolute atomic E-state index is 1.04. The third-order valence-corrected chi connectivity index (χ3v) is 4.69. The number of hydrogen-bond acceptors (Lipinski definition) is 0. The smallest absolute Gasteiger partial charge is 0.0134 e. The standard InChI is InChI=1S/C12H19I/c13-12-8-6-11(7-9-12)10-4-2-1-3-5-10/h8,10-11H,1-7,9H2. The van der Waals surface area contributed by atoms with Gasteiger partial charge >= 0.3 is 0 Å². The first-order valence-electron chi connectivity index (χ1n) is 5.71. The van der Waals surface area contributed by atoms with Crippen molar-refractivity contribution in [2.45, 2.75) is 51.4 Å².